The zero-order valence-electron chi connectivity index (χ0n) is 15.0. The van der Waals surface area contributed by atoms with Crippen molar-refractivity contribution in [1.82, 2.24) is 0 Å². The van der Waals surface area contributed by atoms with Crippen molar-refractivity contribution in [3.8, 4) is 0 Å². The molecular weight excluding hydrogens is 380 g/mol. The standard InChI is InChI=1S/C25H21Br/c1-18(26)17-23-19(2)25(20-11-5-3-6-12-20,21-13-7-4-8-14-21)24-16-10-9-15-22(23)24/h3-17H,1-2H3/b18-17+. The van der Waals surface area contributed by atoms with Gasteiger partial charge in [0.15, 0.2) is 0 Å². The van der Waals surface area contributed by atoms with Crippen LogP contribution in [-0.2, 0) is 5.41 Å². The predicted molar refractivity (Wildman–Crippen MR) is 114 cm³/mol. The second-order valence-electron chi connectivity index (χ2n) is 6.80. The van der Waals surface area contributed by atoms with Gasteiger partial charge in [0.05, 0.1) is 5.41 Å². The molecule has 0 bridgehead atoms. The summed E-state index contributed by atoms with van der Waals surface area (Å²) in [5.41, 5.74) is 7.72. The molecule has 0 heterocycles. The minimum Gasteiger partial charge on any atom is -0.0622 e. The Morgan fingerprint density at radius 2 is 1.27 bits per heavy atom. The molecule has 0 N–H and O–H groups in total. The van der Waals surface area contributed by atoms with Crippen molar-refractivity contribution in [2.75, 3.05) is 0 Å². The fourth-order valence-corrected chi connectivity index (χ4v) is 4.55. The molecule has 1 aliphatic carbocycles. The summed E-state index contributed by atoms with van der Waals surface area (Å²) in [4.78, 5) is 0. The first kappa shape index (κ1) is 17.1. The average Bonchev–Trinajstić information content (AvgIpc) is 2.92. The zero-order valence-corrected chi connectivity index (χ0v) is 16.6. The van der Waals surface area contributed by atoms with Gasteiger partial charge >= 0.3 is 0 Å². The highest BCUT2D eigenvalue weighted by molar-refractivity contribution is 9.11. The summed E-state index contributed by atoms with van der Waals surface area (Å²) in [5, 5.41) is 0. The van der Waals surface area contributed by atoms with Crippen molar-refractivity contribution in [1.29, 1.82) is 0 Å². The van der Waals surface area contributed by atoms with Crippen LogP contribution in [0, 0.1) is 0 Å². The highest BCUT2D eigenvalue weighted by atomic mass is 79.9. The summed E-state index contributed by atoms with van der Waals surface area (Å²) in [6, 6.07) is 30.5. The number of fused-ring (bicyclic) bond motifs is 1. The Kier molecular flexibility index (Phi) is 4.42. The number of allylic oxidation sites excluding steroid dienone is 4. The highest BCUT2D eigenvalue weighted by Gasteiger charge is 2.45. The molecule has 1 aliphatic rings. The lowest BCUT2D eigenvalue weighted by molar-refractivity contribution is 0.743. The first-order valence-corrected chi connectivity index (χ1v) is 9.71. The summed E-state index contributed by atoms with van der Waals surface area (Å²) in [5.74, 6) is 0. The lowest BCUT2D eigenvalue weighted by Gasteiger charge is -2.34. The van der Waals surface area contributed by atoms with Gasteiger partial charge in [0.1, 0.15) is 0 Å². The Morgan fingerprint density at radius 3 is 1.81 bits per heavy atom. The first-order chi connectivity index (χ1) is 12.7. The number of rotatable bonds is 3. The van der Waals surface area contributed by atoms with E-state index in [0.717, 1.165) is 4.48 Å². The summed E-state index contributed by atoms with van der Waals surface area (Å²) < 4.78 is 1.14. The van der Waals surface area contributed by atoms with E-state index < -0.39 is 0 Å². The second-order valence-corrected chi connectivity index (χ2v) is 8.05. The summed E-state index contributed by atoms with van der Waals surface area (Å²) in [7, 11) is 0. The summed E-state index contributed by atoms with van der Waals surface area (Å²) in [6.07, 6.45) is 2.25. The van der Waals surface area contributed by atoms with E-state index in [1.54, 1.807) is 0 Å². The van der Waals surface area contributed by atoms with Crippen LogP contribution in [-0.4, -0.2) is 0 Å². The molecule has 0 radical (unpaired) electrons. The molecule has 0 atom stereocenters. The molecule has 0 amide bonds. The van der Waals surface area contributed by atoms with Crippen LogP contribution in [0.3, 0.4) is 0 Å². The van der Waals surface area contributed by atoms with Crippen molar-refractivity contribution < 1.29 is 0 Å². The Balaban J connectivity index is 2.16. The monoisotopic (exact) mass is 400 g/mol. The lowest BCUT2D eigenvalue weighted by atomic mass is 9.67. The molecule has 3 aromatic rings. The Bertz CT molecular complexity index is 951. The van der Waals surface area contributed by atoms with Crippen molar-refractivity contribution in [3.63, 3.8) is 0 Å². The molecule has 1 heteroatoms. The van der Waals surface area contributed by atoms with Gasteiger partial charge in [0, 0.05) is 0 Å². The molecule has 0 fully saturated rings. The third-order valence-corrected chi connectivity index (χ3v) is 5.57. The van der Waals surface area contributed by atoms with Gasteiger partial charge in [-0.15, -0.1) is 0 Å². The van der Waals surface area contributed by atoms with Crippen LogP contribution in [0.5, 0.6) is 0 Å². The molecule has 0 aromatic heterocycles. The van der Waals surface area contributed by atoms with Crippen LogP contribution >= 0.6 is 15.9 Å². The second kappa shape index (κ2) is 6.74. The average molecular weight is 401 g/mol. The number of hydrogen-bond donors (Lipinski definition) is 0. The lowest BCUT2D eigenvalue weighted by Crippen LogP contribution is -2.28. The van der Waals surface area contributed by atoms with Crippen LogP contribution in [0.15, 0.2) is 101 Å². The van der Waals surface area contributed by atoms with Crippen LogP contribution in [0.25, 0.3) is 5.57 Å². The maximum atomic E-state index is 3.64. The van der Waals surface area contributed by atoms with Gasteiger partial charge in [-0.05, 0) is 57.8 Å². The minimum absolute atomic E-state index is 0.257. The molecule has 0 saturated heterocycles. The van der Waals surface area contributed by atoms with Gasteiger partial charge in [0.2, 0.25) is 0 Å². The van der Waals surface area contributed by atoms with Crippen molar-refractivity contribution in [3.05, 3.63) is 123 Å². The minimum atomic E-state index is -0.257. The van der Waals surface area contributed by atoms with Crippen LogP contribution in [0.1, 0.15) is 36.1 Å². The van der Waals surface area contributed by atoms with Crippen LogP contribution in [0.4, 0.5) is 0 Å². The van der Waals surface area contributed by atoms with E-state index in [1.165, 1.54) is 33.4 Å². The smallest absolute Gasteiger partial charge is 0.0622 e. The number of benzene rings is 3. The molecule has 0 unspecified atom stereocenters. The Morgan fingerprint density at radius 1 is 0.769 bits per heavy atom. The van der Waals surface area contributed by atoms with E-state index in [1.807, 2.05) is 0 Å². The molecule has 0 spiro atoms. The van der Waals surface area contributed by atoms with Gasteiger partial charge in [-0.2, -0.15) is 0 Å². The van der Waals surface area contributed by atoms with Crippen LogP contribution < -0.4 is 0 Å². The van der Waals surface area contributed by atoms with E-state index in [0.29, 0.717) is 0 Å². The number of halogens is 1. The summed E-state index contributed by atoms with van der Waals surface area (Å²) >= 11 is 3.64. The Labute approximate surface area is 164 Å². The van der Waals surface area contributed by atoms with Gasteiger partial charge in [-0.3, -0.25) is 0 Å². The third-order valence-electron chi connectivity index (χ3n) is 5.34. The molecule has 128 valence electrons. The summed E-state index contributed by atoms with van der Waals surface area (Å²) in [6.45, 7) is 4.37. The van der Waals surface area contributed by atoms with Gasteiger partial charge in [-0.1, -0.05) is 101 Å². The molecule has 3 aromatic carbocycles. The molecule has 4 rings (SSSR count). The largest absolute Gasteiger partial charge is 0.0673 e. The number of hydrogen-bond acceptors (Lipinski definition) is 0. The normalized spacial score (nSPS) is 15.9. The molecule has 26 heavy (non-hydrogen) atoms. The zero-order chi connectivity index (χ0) is 18.1. The van der Waals surface area contributed by atoms with Gasteiger partial charge in [0.25, 0.3) is 0 Å². The Hall–Kier alpha value is -2.38. The van der Waals surface area contributed by atoms with E-state index in [9.17, 15) is 0 Å². The van der Waals surface area contributed by atoms with Crippen molar-refractivity contribution in [2.24, 2.45) is 0 Å². The molecule has 0 aliphatic heterocycles. The van der Waals surface area contributed by atoms with Gasteiger partial charge in [-0.25, -0.2) is 0 Å². The highest BCUT2D eigenvalue weighted by Crippen LogP contribution is 2.54. The maximum absolute atomic E-state index is 3.64. The van der Waals surface area contributed by atoms with Crippen LogP contribution in [0.2, 0.25) is 0 Å². The predicted octanol–water partition coefficient (Wildman–Crippen LogP) is 7.11. The molecular formula is C25H21Br. The fourth-order valence-electron chi connectivity index (χ4n) is 4.32. The van der Waals surface area contributed by atoms with E-state index in [2.05, 4.69) is 121 Å². The first-order valence-electron chi connectivity index (χ1n) is 8.92. The van der Waals surface area contributed by atoms with Gasteiger partial charge < -0.3 is 0 Å². The molecule has 0 nitrogen and oxygen atoms in total. The van der Waals surface area contributed by atoms with Crippen molar-refractivity contribution >= 4 is 21.5 Å². The third kappa shape index (κ3) is 2.50. The SMILES string of the molecule is CC1=C(/C=C(\C)Br)c2ccccc2C1(c1ccccc1)c1ccccc1. The topological polar surface area (TPSA) is 0 Å². The quantitative estimate of drug-likeness (QED) is 0.439. The van der Waals surface area contributed by atoms with Crippen molar-refractivity contribution in [2.45, 2.75) is 19.3 Å². The maximum Gasteiger partial charge on any atom is 0.0673 e. The fraction of sp³-hybridized carbons (Fsp3) is 0.120. The van der Waals surface area contributed by atoms with E-state index in [-0.39, 0.29) is 5.41 Å². The molecule has 0 saturated carbocycles. The van der Waals surface area contributed by atoms with E-state index >= 15 is 0 Å². The van der Waals surface area contributed by atoms with E-state index in [4.69, 9.17) is 0 Å².